The molecule has 12 heteroatoms. The van der Waals surface area contributed by atoms with Crippen LogP contribution in [0.3, 0.4) is 0 Å². The largest absolute Gasteiger partial charge is 0.480 e. The van der Waals surface area contributed by atoms with Crippen molar-refractivity contribution in [2.24, 2.45) is 4.99 Å². The van der Waals surface area contributed by atoms with Crippen LogP contribution in [-0.4, -0.2) is 57.9 Å². The second-order valence-corrected chi connectivity index (χ2v) is 9.18. The molecule has 1 aromatic carbocycles. The summed E-state index contributed by atoms with van der Waals surface area (Å²) in [5.41, 5.74) is -1.71. The number of rotatable bonds is 6. The first-order valence-corrected chi connectivity index (χ1v) is 11.0. The second-order valence-electron chi connectivity index (χ2n) is 8.27. The zero-order valence-corrected chi connectivity index (χ0v) is 18.5. The summed E-state index contributed by atoms with van der Waals surface area (Å²) in [4.78, 5) is 29.8. The van der Waals surface area contributed by atoms with E-state index in [9.17, 15) is 37.4 Å². The Morgan fingerprint density at radius 1 is 1.21 bits per heavy atom. The van der Waals surface area contributed by atoms with Gasteiger partial charge in [-0.05, 0) is 30.7 Å². The number of carbonyl (C=O) groups is 2. The summed E-state index contributed by atoms with van der Waals surface area (Å²) in [5.74, 6) is -7.18. The molecule has 1 aromatic heterocycles. The van der Waals surface area contributed by atoms with Crippen molar-refractivity contribution >= 4 is 29.1 Å². The molecule has 0 bridgehead atoms. The number of alkyl halides is 2. The van der Waals surface area contributed by atoms with Gasteiger partial charge in [0.2, 0.25) is 0 Å². The van der Waals surface area contributed by atoms with Gasteiger partial charge < -0.3 is 15.5 Å². The van der Waals surface area contributed by atoms with E-state index in [4.69, 9.17) is 0 Å². The molecule has 7 nitrogen and oxygen atoms in total. The Kier molecular flexibility index (Phi) is 5.98. The average Bonchev–Trinajstić information content (AvgIpc) is 3.30. The van der Waals surface area contributed by atoms with Crippen LogP contribution in [0.2, 0.25) is 0 Å². The van der Waals surface area contributed by atoms with Crippen molar-refractivity contribution < 1.29 is 37.4 Å². The van der Waals surface area contributed by atoms with E-state index >= 15 is 0 Å². The Morgan fingerprint density at radius 3 is 2.44 bits per heavy atom. The number of carboxylic acids is 2. The van der Waals surface area contributed by atoms with Crippen molar-refractivity contribution in [3.8, 4) is 0 Å². The van der Waals surface area contributed by atoms with Crippen LogP contribution < -0.4 is 5.32 Å². The third-order valence-electron chi connectivity index (χ3n) is 5.83. The zero-order valence-electron chi connectivity index (χ0n) is 17.7. The van der Waals surface area contributed by atoms with Gasteiger partial charge >= 0.3 is 11.9 Å². The fraction of sp³-hybridized carbons (Fsp3) is 0.318. The SMILES string of the molecule is CC1(c2ccc(F)cc2)N=C(c2cc(F)cs2)NC(CN2CC(F)(F)CC2C(=O)O)=C1C(=O)O. The molecule has 0 saturated carbocycles. The van der Waals surface area contributed by atoms with E-state index < -0.39 is 60.6 Å². The van der Waals surface area contributed by atoms with Crippen LogP contribution in [0.25, 0.3) is 0 Å². The number of likely N-dealkylation sites (tertiary alicyclic amines) is 1. The van der Waals surface area contributed by atoms with Crippen LogP contribution >= 0.6 is 11.3 Å². The molecule has 0 aliphatic carbocycles. The van der Waals surface area contributed by atoms with Crippen molar-refractivity contribution in [3.63, 3.8) is 0 Å². The summed E-state index contributed by atoms with van der Waals surface area (Å²) in [6.45, 7) is 0.120. The number of thiophene rings is 1. The Morgan fingerprint density at radius 2 is 1.88 bits per heavy atom. The number of aliphatic imine (C=N–C) groups is 1. The van der Waals surface area contributed by atoms with Gasteiger partial charge in [-0.2, -0.15) is 0 Å². The molecule has 3 N–H and O–H groups in total. The maximum Gasteiger partial charge on any atom is 0.336 e. The van der Waals surface area contributed by atoms with Crippen molar-refractivity contribution in [3.05, 3.63) is 69.1 Å². The third kappa shape index (κ3) is 4.42. The van der Waals surface area contributed by atoms with E-state index in [-0.39, 0.29) is 17.1 Å². The number of nitrogens with one attached hydrogen (secondary N) is 1. The topological polar surface area (TPSA) is 102 Å². The first-order chi connectivity index (χ1) is 15.9. The fourth-order valence-electron chi connectivity index (χ4n) is 4.30. The molecule has 4 rings (SSSR count). The van der Waals surface area contributed by atoms with Gasteiger partial charge in [-0.1, -0.05) is 12.1 Å². The van der Waals surface area contributed by atoms with Gasteiger partial charge in [0.1, 0.15) is 29.1 Å². The third-order valence-corrected chi connectivity index (χ3v) is 6.74. The normalized spacial score (nSPS) is 24.6. The van der Waals surface area contributed by atoms with Crippen LogP contribution in [0.5, 0.6) is 0 Å². The van der Waals surface area contributed by atoms with Gasteiger partial charge in [0.05, 0.1) is 17.0 Å². The highest BCUT2D eigenvalue weighted by molar-refractivity contribution is 7.12. The fourth-order valence-corrected chi connectivity index (χ4v) is 4.99. The minimum atomic E-state index is -3.27. The summed E-state index contributed by atoms with van der Waals surface area (Å²) in [6.07, 6.45) is -0.912. The van der Waals surface area contributed by atoms with Crippen molar-refractivity contribution in [1.29, 1.82) is 0 Å². The van der Waals surface area contributed by atoms with Crippen LogP contribution in [-0.2, 0) is 15.1 Å². The molecule has 0 amide bonds. The standard InChI is InChI=1S/C22H19F4N3O4S/c1-21(11-2-4-12(23)5-3-11)17(20(32)33)14(27-18(28-21)16-6-13(24)9-34-16)8-29-10-22(25,26)7-15(29)19(30)31/h2-6,9,15H,7-8,10H2,1H3,(H,27,28)(H,30,31)(H,32,33). The summed E-state index contributed by atoms with van der Waals surface area (Å²) in [7, 11) is 0. The van der Waals surface area contributed by atoms with E-state index in [0.29, 0.717) is 10.4 Å². The van der Waals surface area contributed by atoms with E-state index in [1.54, 1.807) is 0 Å². The first-order valence-electron chi connectivity index (χ1n) is 10.1. The smallest absolute Gasteiger partial charge is 0.336 e. The highest BCUT2D eigenvalue weighted by atomic mass is 32.1. The molecule has 180 valence electrons. The number of aliphatic carboxylic acids is 2. The quantitative estimate of drug-likeness (QED) is 0.529. The van der Waals surface area contributed by atoms with E-state index in [0.717, 1.165) is 28.4 Å². The molecule has 0 radical (unpaired) electrons. The van der Waals surface area contributed by atoms with Gasteiger partial charge in [-0.25, -0.2) is 22.4 Å². The molecule has 34 heavy (non-hydrogen) atoms. The minimum absolute atomic E-state index is 0.0675. The minimum Gasteiger partial charge on any atom is -0.480 e. The Balaban J connectivity index is 1.85. The number of carboxylic acid groups (broad SMARTS) is 2. The van der Waals surface area contributed by atoms with Crippen LogP contribution in [0.4, 0.5) is 17.6 Å². The lowest BCUT2D eigenvalue weighted by Gasteiger charge is -2.36. The number of hydrogen-bond acceptors (Lipinski definition) is 6. The number of amidine groups is 1. The average molecular weight is 497 g/mol. The Hall–Kier alpha value is -3.25. The monoisotopic (exact) mass is 497 g/mol. The lowest BCUT2D eigenvalue weighted by Crippen LogP contribution is -2.46. The lowest BCUT2D eigenvalue weighted by molar-refractivity contribution is -0.142. The van der Waals surface area contributed by atoms with Crippen LogP contribution in [0, 0.1) is 11.6 Å². The van der Waals surface area contributed by atoms with Gasteiger partial charge in [0, 0.05) is 24.0 Å². The van der Waals surface area contributed by atoms with Crippen LogP contribution in [0.15, 0.2) is 52.0 Å². The molecule has 2 aromatic rings. The second kappa shape index (κ2) is 8.51. The summed E-state index contributed by atoms with van der Waals surface area (Å²) >= 11 is 0.988. The zero-order chi connectivity index (χ0) is 24.8. The molecule has 1 fully saturated rings. The van der Waals surface area contributed by atoms with E-state index in [2.05, 4.69) is 10.3 Å². The molecular weight excluding hydrogens is 478 g/mol. The van der Waals surface area contributed by atoms with E-state index in [1.807, 2.05) is 0 Å². The predicted octanol–water partition coefficient (Wildman–Crippen LogP) is 3.42. The summed E-state index contributed by atoms with van der Waals surface area (Å²) in [5, 5.41) is 23.5. The molecular formula is C22H19F4N3O4S. The van der Waals surface area contributed by atoms with Gasteiger partial charge in [0.25, 0.3) is 5.92 Å². The van der Waals surface area contributed by atoms with Crippen LogP contribution in [0.1, 0.15) is 23.8 Å². The molecule has 2 aliphatic heterocycles. The van der Waals surface area contributed by atoms with Crippen molar-refractivity contribution in [1.82, 2.24) is 10.2 Å². The maximum atomic E-state index is 14.1. The molecule has 2 aliphatic rings. The van der Waals surface area contributed by atoms with Crippen molar-refractivity contribution in [2.75, 3.05) is 13.1 Å². The molecule has 1 saturated heterocycles. The molecule has 0 spiro atoms. The number of nitrogens with zero attached hydrogens (tertiary/aromatic N) is 2. The van der Waals surface area contributed by atoms with Gasteiger partial charge in [-0.15, -0.1) is 11.3 Å². The molecule has 2 unspecified atom stereocenters. The number of hydrogen-bond donors (Lipinski definition) is 3. The highest BCUT2D eigenvalue weighted by Gasteiger charge is 2.50. The van der Waals surface area contributed by atoms with Crippen molar-refractivity contribution in [2.45, 2.75) is 30.8 Å². The number of halogens is 4. The van der Waals surface area contributed by atoms with E-state index in [1.165, 1.54) is 30.5 Å². The molecule has 3 heterocycles. The first kappa shape index (κ1) is 23.9. The van der Waals surface area contributed by atoms with Gasteiger partial charge in [-0.3, -0.25) is 14.7 Å². The van der Waals surface area contributed by atoms with Gasteiger partial charge in [0.15, 0.2) is 0 Å². The highest BCUT2D eigenvalue weighted by Crippen LogP contribution is 2.40. The Bertz CT molecular complexity index is 1210. The molecule has 2 atom stereocenters. The Labute approximate surface area is 195 Å². The predicted molar refractivity (Wildman–Crippen MR) is 115 cm³/mol. The lowest BCUT2D eigenvalue weighted by atomic mass is 9.82. The number of benzene rings is 1. The summed E-state index contributed by atoms with van der Waals surface area (Å²) in [6, 6.07) is 4.60. The summed E-state index contributed by atoms with van der Waals surface area (Å²) < 4.78 is 55.4. The maximum absolute atomic E-state index is 14.1.